The SMILES string of the molecule is C#CC(N)CSc1cccc(F)c1. The van der Waals surface area contributed by atoms with Crippen LogP contribution in [0, 0.1) is 18.2 Å². The van der Waals surface area contributed by atoms with Gasteiger partial charge in [0.25, 0.3) is 0 Å². The van der Waals surface area contributed by atoms with Gasteiger partial charge < -0.3 is 5.73 Å². The quantitative estimate of drug-likeness (QED) is 0.588. The molecule has 0 fully saturated rings. The third-order valence-electron chi connectivity index (χ3n) is 1.44. The summed E-state index contributed by atoms with van der Waals surface area (Å²) in [5.74, 6) is 2.79. The number of rotatable bonds is 3. The number of benzene rings is 1. The average Bonchev–Trinajstić information content (AvgIpc) is 2.14. The first kappa shape index (κ1) is 10.1. The van der Waals surface area contributed by atoms with E-state index < -0.39 is 0 Å². The Bertz CT molecular complexity index is 319. The third kappa shape index (κ3) is 3.49. The molecule has 0 aliphatic heterocycles. The van der Waals surface area contributed by atoms with E-state index in [4.69, 9.17) is 12.2 Å². The number of hydrogen-bond acceptors (Lipinski definition) is 2. The van der Waals surface area contributed by atoms with Gasteiger partial charge in [-0.2, -0.15) is 0 Å². The Balaban J connectivity index is 2.51. The summed E-state index contributed by atoms with van der Waals surface area (Å²) in [7, 11) is 0. The molecule has 1 aromatic carbocycles. The zero-order valence-corrected chi connectivity index (χ0v) is 7.85. The molecule has 0 bridgehead atoms. The van der Waals surface area contributed by atoms with Gasteiger partial charge in [-0.05, 0) is 18.2 Å². The van der Waals surface area contributed by atoms with Crippen molar-refractivity contribution in [2.75, 3.05) is 5.75 Å². The number of nitrogens with two attached hydrogens (primary N) is 1. The van der Waals surface area contributed by atoms with Crippen LogP contribution < -0.4 is 5.73 Å². The zero-order chi connectivity index (χ0) is 9.68. The Kier molecular flexibility index (Phi) is 3.81. The van der Waals surface area contributed by atoms with Crippen molar-refractivity contribution in [1.29, 1.82) is 0 Å². The van der Waals surface area contributed by atoms with E-state index in [1.54, 1.807) is 6.07 Å². The minimum absolute atomic E-state index is 0.237. The van der Waals surface area contributed by atoms with Gasteiger partial charge in [0.05, 0.1) is 6.04 Å². The van der Waals surface area contributed by atoms with Crippen LogP contribution in [-0.4, -0.2) is 11.8 Å². The van der Waals surface area contributed by atoms with E-state index in [1.165, 1.54) is 23.9 Å². The van der Waals surface area contributed by atoms with E-state index >= 15 is 0 Å². The van der Waals surface area contributed by atoms with E-state index in [2.05, 4.69) is 5.92 Å². The van der Waals surface area contributed by atoms with Crippen LogP contribution in [0.2, 0.25) is 0 Å². The lowest BCUT2D eigenvalue weighted by atomic mass is 10.3. The smallest absolute Gasteiger partial charge is 0.124 e. The molecule has 0 aromatic heterocycles. The summed E-state index contributed by atoms with van der Waals surface area (Å²) in [6.45, 7) is 0. The first-order valence-electron chi connectivity index (χ1n) is 3.82. The molecule has 0 aliphatic rings. The molecule has 2 N–H and O–H groups in total. The van der Waals surface area contributed by atoms with Crippen molar-refractivity contribution in [3.05, 3.63) is 30.1 Å². The Morgan fingerprint density at radius 1 is 1.62 bits per heavy atom. The van der Waals surface area contributed by atoms with Crippen molar-refractivity contribution in [2.24, 2.45) is 5.73 Å². The second-order valence-corrected chi connectivity index (χ2v) is 3.63. The Morgan fingerprint density at radius 3 is 3.00 bits per heavy atom. The van der Waals surface area contributed by atoms with Crippen LogP contribution in [0.25, 0.3) is 0 Å². The summed E-state index contributed by atoms with van der Waals surface area (Å²) in [6, 6.07) is 6.10. The van der Waals surface area contributed by atoms with E-state index in [1.807, 2.05) is 6.07 Å². The van der Waals surface area contributed by atoms with Crippen molar-refractivity contribution in [3.8, 4) is 12.3 Å². The summed E-state index contributed by atoms with van der Waals surface area (Å²) in [6.07, 6.45) is 5.10. The molecule has 1 atom stereocenters. The topological polar surface area (TPSA) is 26.0 Å². The highest BCUT2D eigenvalue weighted by atomic mass is 32.2. The summed E-state index contributed by atoms with van der Waals surface area (Å²) in [5.41, 5.74) is 5.51. The molecule has 0 saturated heterocycles. The highest BCUT2D eigenvalue weighted by molar-refractivity contribution is 7.99. The zero-order valence-electron chi connectivity index (χ0n) is 7.03. The Morgan fingerprint density at radius 2 is 2.38 bits per heavy atom. The van der Waals surface area contributed by atoms with Crippen LogP contribution in [0.3, 0.4) is 0 Å². The molecule has 3 heteroatoms. The van der Waals surface area contributed by atoms with Crippen LogP contribution in [0.15, 0.2) is 29.2 Å². The van der Waals surface area contributed by atoms with E-state index in [-0.39, 0.29) is 11.9 Å². The molecule has 0 amide bonds. The van der Waals surface area contributed by atoms with Crippen LogP contribution in [0.5, 0.6) is 0 Å². The van der Waals surface area contributed by atoms with Crippen LogP contribution >= 0.6 is 11.8 Å². The van der Waals surface area contributed by atoms with Crippen molar-refractivity contribution in [1.82, 2.24) is 0 Å². The predicted octanol–water partition coefficient (Wildman–Crippen LogP) is 1.88. The summed E-state index contributed by atoms with van der Waals surface area (Å²) < 4.78 is 12.7. The van der Waals surface area contributed by atoms with Gasteiger partial charge in [-0.3, -0.25) is 0 Å². The fourth-order valence-electron chi connectivity index (χ4n) is 0.791. The first-order chi connectivity index (χ1) is 6.22. The third-order valence-corrected chi connectivity index (χ3v) is 2.55. The van der Waals surface area contributed by atoms with E-state index in [9.17, 15) is 4.39 Å². The maximum atomic E-state index is 12.7. The molecule has 13 heavy (non-hydrogen) atoms. The highest BCUT2D eigenvalue weighted by Gasteiger charge is 1.99. The monoisotopic (exact) mass is 195 g/mol. The first-order valence-corrected chi connectivity index (χ1v) is 4.81. The molecular formula is C10H10FNS. The number of thioether (sulfide) groups is 1. The van der Waals surface area contributed by atoms with Gasteiger partial charge in [-0.25, -0.2) is 4.39 Å². The van der Waals surface area contributed by atoms with Gasteiger partial charge in [-0.1, -0.05) is 12.0 Å². The molecule has 0 saturated carbocycles. The fraction of sp³-hybridized carbons (Fsp3) is 0.200. The highest BCUT2D eigenvalue weighted by Crippen LogP contribution is 2.18. The number of hydrogen-bond donors (Lipinski definition) is 1. The van der Waals surface area contributed by atoms with Crippen LogP contribution in [0.1, 0.15) is 0 Å². The largest absolute Gasteiger partial charge is 0.317 e. The second kappa shape index (κ2) is 4.90. The van der Waals surface area contributed by atoms with Gasteiger partial charge in [0.2, 0.25) is 0 Å². The Labute approximate surface area is 81.5 Å². The molecule has 1 unspecified atom stereocenters. The molecule has 0 aliphatic carbocycles. The number of terminal acetylenes is 1. The maximum absolute atomic E-state index is 12.7. The predicted molar refractivity (Wildman–Crippen MR) is 53.9 cm³/mol. The minimum atomic E-state index is -0.270. The van der Waals surface area contributed by atoms with Gasteiger partial charge in [0, 0.05) is 10.6 Å². The number of halogens is 1. The Hall–Kier alpha value is -0.980. The summed E-state index contributed by atoms with van der Waals surface area (Å²) in [5, 5.41) is 0. The average molecular weight is 195 g/mol. The van der Waals surface area contributed by atoms with Gasteiger partial charge in [-0.15, -0.1) is 18.2 Å². The molecular weight excluding hydrogens is 185 g/mol. The van der Waals surface area contributed by atoms with Gasteiger partial charge in [0.1, 0.15) is 5.82 Å². The molecule has 1 nitrogen and oxygen atoms in total. The molecule has 1 rings (SSSR count). The van der Waals surface area contributed by atoms with Gasteiger partial charge >= 0.3 is 0 Å². The van der Waals surface area contributed by atoms with E-state index in [0.717, 1.165) is 4.90 Å². The summed E-state index contributed by atoms with van der Waals surface area (Å²) >= 11 is 1.46. The lowest BCUT2D eigenvalue weighted by Crippen LogP contribution is -2.19. The molecule has 0 heterocycles. The standard InChI is InChI=1S/C10H10FNS/c1-2-9(12)7-13-10-5-3-4-8(11)6-10/h1,3-6,9H,7,12H2. The lowest BCUT2D eigenvalue weighted by Gasteiger charge is -2.03. The fourth-order valence-corrected chi connectivity index (χ4v) is 1.63. The van der Waals surface area contributed by atoms with Crippen molar-refractivity contribution >= 4 is 11.8 Å². The van der Waals surface area contributed by atoms with E-state index in [0.29, 0.717) is 5.75 Å². The lowest BCUT2D eigenvalue weighted by molar-refractivity contribution is 0.624. The van der Waals surface area contributed by atoms with Crippen molar-refractivity contribution in [2.45, 2.75) is 10.9 Å². The van der Waals surface area contributed by atoms with Crippen molar-refractivity contribution < 1.29 is 4.39 Å². The normalized spacial score (nSPS) is 12.1. The summed E-state index contributed by atoms with van der Waals surface area (Å²) in [4.78, 5) is 0.853. The van der Waals surface area contributed by atoms with Crippen LogP contribution in [-0.2, 0) is 0 Å². The molecule has 1 aromatic rings. The maximum Gasteiger partial charge on any atom is 0.124 e. The minimum Gasteiger partial charge on any atom is -0.317 e. The van der Waals surface area contributed by atoms with Crippen molar-refractivity contribution in [3.63, 3.8) is 0 Å². The second-order valence-electron chi connectivity index (χ2n) is 2.54. The molecule has 68 valence electrons. The molecule has 0 radical (unpaired) electrons. The van der Waals surface area contributed by atoms with Crippen LogP contribution in [0.4, 0.5) is 4.39 Å². The molecule has 0 spiro atoms. The van der Waals surface area contributed by atoms with Gasteiger partial charge in [0.15, 0.2) is 0 Å².